The van der Waals surface area contributed by atoms with Crippen LogP contribution in [0.25, 0.3) is 4.48 Å². The average Bonchev–Trinajstić information content (AvgIpc) is 2.79. The molecule has 0 unspecified atom stereocenters. The quantitative estimate of drug-likeness (QED) is 0.618. The summed E-state index contributed by atoms with van der Waals surface area (Å²) in [5.41, 5.74) is 2.83. The zero-order valence-corrected chi connectivity index (χ0v) is 13.3. The third-order valence-electron chi connectivity index (χ3n) is 3.15. The van der Waals surface area contributed by atoms with Crippen molar-refractivity contribution < 1.29 is 14.3 Å². The zero-order valence-electron chi connectivity index (χ0n) is 10.9. The highest BCUT2D eigenvalue weighted by Crippen LogP contribution is 2.43. The first-order chi connectivity index (χ1) is 9.13. The second-order valence-corrected chi connectivity index (χ2v) is 6.14. The number of fused-ring (bicyclic) bond motifs is 1. The van der Waals surface area contributed by atoms with Gasteiger partial charge in [0, 0.05) is 20.5 Å². The average molecular weight is 343 g/mol. The minimum Gasteiger partial charge on any atom is -0.462 e. The molecule has 0 fully saturated rings. The minimum atomic E-state index is -0.252. The molecule has 102 valence electrons. The topological polar surface area (TPSA) is 43.4 Å². The van der Waals surface area contributed by atoms with Crippen LogP contribution in [0.3, 0.4) is 0 Å². The molecular formula is C14H15BrO3S. The van der Waals surface area contributed by atoms with E-state index in [2.05, 4.69) is 22.9 Å². The van der Waals surface area contributed by atoms with Crippen LogP contribution in [-0.4, -0.2) is 18.9 Å². The Morgan fingerprint density at radius 3 is 2.74 bits per heavy atom. The first kappa shape index (κ1) is 14.5. The van der Waals surface area contributed by atoms with Crippen LogP contribution < -0.4 is 0 Å². The highest BCUT2D eigenvalue weighted by molar-refractivity contribution is 9.15. The molecule has 0 atom stereocenters. The summed E-state index contributed by atoms with van der Waals surface area (Å²) < 4.78 is 5.95. The van der Waals surface area contributed by atoms with Crippen molar-refractivity contribution in [2.75, 3.05) is 6.61 Å². The standard InChI is InChI=1S/C14H15BrO3S/c1-3-10-11-9(6-5-8(7-16)12(11)15)13(19-10)14(17)18-4-2/h7H,3-6H2,1-2H3. The van der Waals surface area contributed by atoms with Crippen LogP contribution in [-0.2, 0) is 22.4 Å². The first-order valence-corrected chi connectivity index (χ1v) is 7.90. The van der Waals surface area contributed by atoms with Gasteiger partial charge in [-0.1, -0.05) is 6.92 Å². The molecule has 1 aromatic rings. The lowest BCUT2D eigenvalue weighted by Gasteiger charge is -2.15. The summed E-state index contributed by atoms with van der Waals surface area (Å²) in [7, 11) is 0. The van der Waals surface area contributed by atoms with Crippen molar-refractivity contribution in [3.63, 3.8) is 0 Å². The summed E-state index contributed by atoms with van der Waals surface area (Å²) in [6, 6.07) is 0. The van der Waals surface area contributed by atoms with E-state index in [-0.39, 0.29) is 5.97 Å². The molecule has 0 saturated heterocycles. The number of aldehydes is 1. The molecule has 0 amide bonds. The van der Waals surface area contributed by atoms with Crippen molar-refractivity contribution in [2.24, 2.45) is 0 Å². The SMILES string of the molecule is CCOC(=O)c1sc(CC)c2c1CCC(C=O)=C2Br. The summed E-state index contributed by atoms with van der Waals surface area (Å²) in [5.74, 6) is -0.252. The number of hydrogen-bond acceptors (Lipinski definition) is 4. The lowest BCUT2D eigenvalue weighted by atomic mass is 9.92. The van der Waals surface area contributed by atoms with Gasteiger partial charge in [0.1, 0.15) is 11.2 Å². The van der Waals surface area contributed by atoms with E-state index in [4.69, 9.17) is 4.74 Å². The van der Waals surface area contributed by atoms with Gasteiger partial charge in [0.15, 0.2) is 0 Å². The van der Waals surface area contributed by atoms with Crippen LogP contribution in [0, 0.1) is 0 Å². The van der Waals surface area contributed by atoms with Gasteiger partial charge in [-0.15, -0.1) is 11.3 Å². The summed E-state index contributed by atoms with van der Waals surface area (Å²) in [6.07, 6.45) is 3.13. The normalized spacial score (nSPS) is 14.3. The Morgan fingerprint density at radius 2 is 2.16 bits per heavy atom. The fourth-order valence-corrected chi connectivity index (χ4v) is 4.35. The van der Waals surface area contributed by atoms with Crippen LogP contribution in [0.1, 0.15) is 45.9 Å². The number of aryl methyl sites for hydroxylation is 1. The van der Waals surface area contributed by atoms with Crippen LogP contribution in [0.2, 0.25) is 0 Å². The van der Waals surface area contributed by atoms with E-state index >= 15 is 0 Å². The molecule has 3 nitrogen and oxygen atoms in total. The monoisotopic (exact) mass is 342 g/mol. The van der Waals surface area contributed by atoms with E-state index in [9.17, 15) is 9.59 Å². The molecule has 0 saturated carbocycles. The second kappa shape index (κ2) is 6.01. The van der Waals surface area contributed by atoms with Crippen molar-refractivity contribution in [2.45, 2.75) is 33.1 Å². The van der Waals surface area contributed by atoms with Crippen molar-refractivity contribution in [1.29, 1.82) is 0 Å². The minimum absolute atomic E-state index is 0.252. The number of halogens is 1. The maximum atomic E-state index is 12.0. The number of carbonyl (C=O) groups is 2. The van der Waals surface area contributed by atoms with Crippen LogP contribution in [0.4, 0.5) is 0 Å². The first-order valence-electron chi connectivity index (χ1n) is 6.29. The Morgan fingerprint density at radius 1 is 1.42 bits per heavy atom. The molecule has 0 radical (unpaired) electrons. The Hall–Kier alpha value is -0.940. The summed E-state index contributed by atoms with van der Waals surface area (Å²) >= 11 is 4.99. The van der Waals surface area contributed by atoms with Gasteiger partial charge in [0.05, 0.1) is 6.61 Å². The maximum absolute atomic E-state index is 12.0. The molecule has 1 aromatic heterocycles. The van der Waals surface area contributed by atoms with E-state index in [0.717, 1.165) is 45.2 Å². The summed E-state index contributed by atoms with van der Waals surface area (Å²) in [6.45, 7) is 4.24. The zero-order chi connectivity index (χ0) is 14.0. The van der Waals surface area contributed by atoms with E-state index in [1.54, 1.807) is 6.92 Å². The number of carbonyl (C=O) groups excluding carboxylic acids is 2. The molecule has 2 rings (SSSR count). The molecule has 0 N–H and O–H groups in total. The molecule has 1 heterocycles. The van der Waals surface area contributed by atoms with Crippen molar-refractivity contribution >= 4 is 44.0 Å². The number of ether oxygens (including phenoxy) is 1. The number of esters is 1. The molecule has 5 heteroatoms. The smallest absolute Gasteiger partial charge is 0.348 e. The fraction of sp³-hybridized carbons (Fsp3) is 0.429. The van der Waals surface area contributed by atoms with E-state index in [1.165, 1.54) is 11.3 Å². The van der Waals surface area contributed by atoms with Gasteiger partial charge in [0.2, 0.25) is 0 Å². The lowest BCUT2D eigenvalue weighted by Crippen LogP contribution is -2.09. The molecule has 0 bridgehead atoms. The second-order valence-electron chi connectivity index (χ2n) is 4.24. The van der Waals surface area contributed by atoms with Crippen LogP contribution in [0.15, 0.2) is 5.57 Å². The summed E-state index contributed by atoms with van der Waals surface area (Å²) in [5, 5.41) is 0. The molecule has 1 aliphatic carbocycles. The molecule has 0 spiro atoms. The molecule has 0 aliphatic heterocycles. The van der Waals surface area contributed by atoms with Crippen molar-refractivity contribution in [3.05, 3.63) is 26.5 Å². The molecule has 1 aliphatic rings. The molecule has 0 aromatic carbocycles. The highest BCUT2D eigenvalue weighted by atomic mass is 79.9. The largest absolute Gasteiger partial charge is 0.462 e. The third-order valence-corrected chi connectivity index (χ3v) is 5.41. The number of rotatable bonds is 4. The van der Waals surface area contributed by atoms with Gasteiger partial charge in [-0.25, -0.2) is 4.79 Å². The maximum Gasteiger partial charge on any atom is 0.348 e. The lowest BCUT2D eigenvalue weighted by molar-refractivity contribution is -0.105. The van der Waals surface area contributed by atoms with E-state index in [1.807, 2.05) is 0 Å². The van der Waals surface area contributed by atoms with Gasteiger partial charge in [-0.05, 0) is 47.7 Å². The van der Waals surface area contributed by atoms with Crippen molar-refractivity contribution in [1.82, 2.24) is 0 Å². The highest BCUT2D eigenvalue weighted by Gasteiger charge is 2.28. The predicted octanol–water partition coefficient (Wildman–Crippen LogP) is 3.74. The van der Waals surface area contributed by atoms with Gasteiger partial charge in [0.25, 0.3) is 0 Å². The van der Waals surface area contributed by atoms with Gasteiger partial charge in [-0.2, -0.15) is 0 Å². The Bertz CT molecular complexity index is 557. The number of thiophene rings is 1. The Labute approximate surface area is 124 Å². The van der Waals surface area contributed by atoms with E-state index < -0.39 is 0 Å². The predicted molar refractivity (Wildman–Crippen MR) is 79.9 cm³/mol. The Balaban J connectivity index is 2.56. The van der Waals surface area contributed by atoms with E-state index in [0.29, 0.717) is 17.9 Å². The van der Waals surface area contributed by atoms with Crippen LogP contribution >= 0.6 is 27.3 Å². The Kier molecular flexibility index (Phi) is 4.58. The number of hydrogen-bond donors (Lipinski definition) is 0. The molecule has 19 heavy (non-hydrogen) atoms. The van der Waals surface area contributed by atoms with Gasteiger partial charge < -0.3 is 4.74 Å². The number of allylic oxidation sites excluding steroid dienone is 1. The fourth-order valence-electron chi connectivity index (χ4n) is 2.26. The molecular weight excluding hydrogens is 328 g/mol. The van der Waals surface area contributed by atoms with Crippen molar-refractivity contribution in [3.8, 4) is 0 Å². The third kappa shape index (κ3) is 2.54. The van der Waals surface area contributed by atoms with Gasteiger partial charge in [-0.3, -0.25) is 4.79 Å². The van der Waals surface area contributed by atoms with Crippen LogP contribution in [0.5, 0.6) is 0 Å². The summed E-state index contributed by atoms with van der Waals surface area (Å²) in [4.78, 5) is 24.9. The van der Waals surface area contributed by atoms with Gasteiger partial charge >= 0.3 is 5.97 Å².